The molecule has 0 saturated carbocycles. The van der Waals surface area contributed by atoms with Crippen molar-refractivity contribution in [1.29, 1.82) is 0 Å². The fourth-order valence-electron chi connectivity index (χ4n) is 2.09. The van der Waals surface area contributed by atoms with Crippen molar-refractivity contribution in [2.75, 3.05) is 32.8 Å². The fourth-order valence-corrected chi connectivity index (χ4v) is 2.77. The van der Waals surface area contributed by atoms with Crippen molar-refractivity contribution in [3.63, 3.8) is 0 Å². The Morgan fingerprint density at radius 2 is 2.53 bits per heavy atom. The van der Waals surface area contributed by atoms with Gasteiger partial charge in [0.05, 0.1) is 12.7 Å². The van der Waals surface area contributed by atoms with Crippen LogP contribution >= 0.6 is 11.3 Å². The first-order valence-electron chi connectivity index (χ1n) is 6.45. The molecule has 1 N–H and O–H groups in total. The zero-order chi connectivity index (χ0) is 11.9. The van der Waals surface area contributed by atoms with Crippen LogP contribution in [0, 0.1) is 0 Å². The Labute approximate surface area is 108 Å². The van der Waals surface area contributed by atoms with Crippen molar-refractivity contribution >= 4 is 11.3 Å². The van der Waals surface area contributed by atoms with E-state index in [0.717, 1.165) is 45.8 Å². The second kappa shape index (κ2) is 7.11. The number of rotatable bonds is 6. The Morgan fingerprint density at radius 3 is 3.29 bits per heavy atom. The number of ether oxygens (including phenoxy) is 1. The molecule has 3 nitrogen and oxygen atoms in total. The molecule has 1 aliphatic rings. The third-order valence-electron chi connectivity index (χ3n) is 3.16. The summed E-state index contributed by atoms with van der Waals surface area (Å²) < 4.78 is 5.66. The third kappa shape index (κ3) is 4.39. The maximum atomic E-state index is 5.66. The van der Waals surface area contributed by atoms with Gasteiger partial charge in [0.2, 0.25) is 0 Å². The van der Waals surface area contributed by atoms with Gasteiger partial charge < -0.3 is 10.1 Å². The maximum absolute atomic E-state index is 5.66. The minimum Gasteiger partial charge on any atom is -0.376 e. The molecule has 1 aliphatic heterocycles. The summed E-state index contributed by atoms with van der Waals surface area (Å²) in [5.41, 5.74) is 0. The monoisotopic (exact) mass is 254 g/mol. The number of morpholine rings is 1. The molecular weight excluding hydrogens is 232 g/mol. The Balaban J connectivity index is 1.58. The first-order chi connectivity index (χ1) is 8.38. The molecule has 17 heavy (non-hydrogen) atoms. The van der Waals surface area contributed by atoms with Gasteiger partial charge in [-0.2, -0.15) is 0 Å². The summed E-state index contributed by atoms with van der Waals surface area (Å²) in [6, 6.07) is 4.29. The van der Waals surface area contributed by atoms with E-state index in [1.807, 2.05) is 11.3 Å². The number of hydrogen-bond donors (Lipinski definition) is 1. The summed E-state index contributed by atoms with van der Waals surface area (Å²) in [4.78, 5) is 3.91. The van der Waals surface area contributed by atoms with Crippen molar-refractivity contribution in [3.8, 4) is 0 Å². The molecule has 1 unspecified atom stereocenters. The molecule has 0 radical (unpaired) electrons. The Bertz CT molecular complexity index is 302. The van der Waals surface area contributed by atoms with Gasteiger partial charge in [0.1, 0.15) is 0 Å². The van der Waals surface area contributed by atoms with E-state index in [9.17, 15) is 0 Å². The van der Waals surface area contributed by atoms with Gasteiger partial charge in [-0.1, -0.05) is 13.0 Å². The summed E-state index contributed by atoms with van der Waals surface area (Å²) in [6.45, 7) is 8.46. The molecule has 1 aromatic heterocycles. The van der Waals surface area contributed by atoms with Crippen LogP contribution in [0.3, 0.4) is 0 Å². The zero-order valence-electron chi connectivity index (χ0n) is 10.5. The minimum atomic E-state index is 0.445. The van der Waals surface area contributed by atoms with E-state index < -0.39 is 0 Å². The summed E-state index contributed by atoms with van der Waals surface area (Å²) in [6.07, 6.45) is 1.57. The lowest BCUT2D eigenvalue weighted by atomic mass is 10.2. The molecule has 4 heteroatoms. The second-order valence-corrected chi connectivity index (χ2v) is 5.49. The van der Waals surface area contributed by atoms with Crippen molar-refractivity contribution in [2.24, 2.45) is 0 Å². The van der Waals surface area contributed by atoms with Crippen molar-refractivity contribution < 1.29 is 4.74 Å². The number of thiophene rings is 1. The molecule has 0 aromatic carbocycles. The molecule has 96 valence electrons. The average molecular weight is 254 g/mol. The SMILES string of the molecule is CCC1CN(CCNCc2cccs2)CCO1. The van der Waals surface area contributed by atoms with Crippen LogP contribution in [0.4, 0.5) is 0 Å². The molecule has 1 aromatic rings. The van der Waals surface area contributed by atoms with Gasteiger partial charge in [-0.3, -0.25) is 4.90 Å². The first kappa shape index (κ1) is 13.0. The second-order valence-electron chi connectivity index (χ2n) is 4.46. The number of nitrogens with one attached hydrogen (secondary N) is 1. The topological polar surface area (TPSA) is 24.5 Å². The Hall–Kier alpha value is -0.420. The summed E-state index contributed by atoms with van der Waals surface area (Å²) in [5.74, 6) is 0. The predicted molar refractivity (Wildman–Crippen MR) is 72.5 cm³/mol. The quantitative estimate of drug-likeness (QED) is 0.785. The lowest BCUT2D eigenvalue weighted by Crippen LogP contribution is -2.44. The molecule has 2 heterocycles. The van der Waals surface area contributed by atoms with Gasteiger partial charge in [-0.05, 0) is 17.9 Å². The van der Waals surface area contributed by atoms with Gasteiger partial charge in [0.15, 0.2) is 0 Å². The first-order valence-corrected chi connectivity index (χ1v) is 7.33. The molecular formula is C13H22N2OS. The van der Waals surface area contributed by atoms with Crippen molar-refractivity contribution in [1.82, 2.24) is 10.2 Å². The predicted octanol–water partition coefficient (Wildman–Crippen LogP) is 1.95. The highest BCUT2D eigenvalue weighted by Gasteiger charge is 2.17. The van der Waals surface area contributed by atoms with E-state index in [-0.39, 0.29) is 0 Å². The zero-order valence-corrected chi connectivity index (χ0v) is 11.3. The van der Waals surface area contributed by atoms with Crippen LogP contribution in [0.15, 0.2) is 17.5 Å². The molecule has 2 rings (SSSR count). The standard InChI is InChI=1S/C13H22N2OS/c1-2-12-11-15(7-8-16-12)6-5-14-10-13-4-3-9-17-13/h3-4,9,12,14H,2,5-8,10-11H2,1H3. The van der Waals surface area contributed by atoms with E-state index in [4.69, 9.17) is 4.74 Å². The van der Waals surface area contributed by atoms with E-state index in [2.05, 4.69) is 34.7 Å². The van der Waals surface area contributed by atoms with Gasteiger partial charge in [0.25, 0.3) is 0 Å². The average Bonchev–Trinajstić information content (AvgIpc) is 2.88. The summed E-state index contributed by atoms with van der Waals surface area (Å²) >= 11 is 1.82. The van der Waals surface area contributed by atoms with Crippen LogP contribution in [-0.2, 0) is 11.3 Å². The van der Waals surface area contributed by atoms with Crippen LogP contribution in [0.25, 0.3) is 0 Å². The van der Waals surface area contributed by atoms with Gasteiger partial charge in [-0.15, -0.1) is 11.3 Å². The van der Waals surface area contributed by atoms with Gasteiger partial charge in [0, 0.05) is 37.6 Å². The van der Waals surface area contributed by atoms with Crippen LogP contribution < -0.4 is 5.32 Å². The van der Waals surface area contributed by atoms with Crippen LogP contribution in [0.1, 0.15) is 18.2 Å². The van der Waals surface area contributed by atoms with E-state index in [1.54, 1.807) is 0 Å². The largest absolute Gasteiger partial charge is 0.376 e. The normalized spacial score (nSPS) is 21.8. The van der Waals surface area contributed by atoms with Crippen molar-refractivity contribution in [2.45, 2.75) is 26.0 Å². The summed E-state index contributed by atoms with van der Waals surface area (Å²) in [5, 5.41) is 5.63. The lowest BCUT2D eigenvalue weighted by Gasteiger charge is -2.32. The Kier molecular flexibility index (Phi) is 5.45. The molecule has 0 aliphatic carbocycles. The van der Waals surface area contributed by atoms with Crippen LogP contribution in [0.5, 0.6) is 0 Å². The fraction of sp³-hybridized carbons (Fsp3) is 0.692. The minimum absolute atomic E-state index is 0.445. The van der Waals surface area contributed by atoms with E-state index >= 15 is 0 Å². The molecule has 1 saturated heterocycles. The molecule has 0 amide bonds. The Morgan fingerprint density at radius 1 is 1.59 bits per heavy atom. The highest BCUT2D eigenvalue weighted by Crippen LogP contribution is 2.08. The molecule has 0 spiro atoms. The van der Waals surface area contributed by atoms with Crippen LogP contribution in [0.2, 0.25) is 0 Å². The lowest BCUT2D eigenvalue weighted by molar-refractivity contribution is -0.0290. The molecule has 1 atom stereocenters. The third-order valence-corrected chi connectivity index (χ3v) is 4.04. The summed E-state index contributed by atoms with van der Waals surface area (Å²) in [7, 11) is 0. The van der Waals surface area contributed by atoms with Gasteiger partial charge in [-0.25, -0.2) is 0 Å². The highest BCUT2D eigenvalue weighted by molar-refractivity contribution is 7.09. The smallest absolute Gasteiger partial charge is 0.0700 e. The maximum Gasteiger partial charge on any atom is 0.0700 e. The van der Waals surface area contributed by atoms with E-state index in [0.29, 0.717) is 6.10 Å². The van der Waals surface area contributed by atoms with Gasteiger partial charge >= 0.3 is 0 Å². The van der Waals surface area contributed by atoms with E-state index in [1.165, 1.54) is 4.88 Å². The van der Waals surface area contributed by atoms with Crippen LogP contribution in [-0.4, -0.2) is 43.8 Å². The number of hydrogen-bond acceptors (Lipinski definition) is 4. The molecule has 1 fully saturated rings. The molecule has 0 bridgehead atoms. The number of nitrogens with zero attached hydrogens (tertiary/aromatic N) is 1. The highest BCUT2D eigenvalue weighted by atomic mass is 32.1. The van der Waals surface area contributed by atoms with Crippen molar-refractivity contribution in [3.05, 3.63) is 22.4 Å².